The van der Waals surface area contributed by atoms with Crippen LogP contribution in [0.25, 0.3) is 68.3 Å². The Bertz CT molecular complexity index is 2670. The van der Waals surface area contributed by atoms with Gasteiger partial charge in [-0.25, -0.2) is 0 Å². The summed E-state index contributed by atoms with van der Waals surface area (Å²) in [5, 5.41) is 4.71. The summed E-state index contributed by atoms with van der Waals surface area (Å²) in [6.07, 6.45) is 32.4. The zero-order valence-electron chi connectivity index (χ0n) is 41.3. The van der Waals surface area contributed by atoms with Crippen molar-refractivity contribution in [2.45, 2.75) is 182 Å². The Kier molecular flexibility index (Phi) is 21.0. The van der Waals surface area contributed by atoms with Gasteiger partial charge in [0.1, 0.15) is 0 Å². The Morgan fingerprint density at radius 2 is 0.691 bits per heavy atom. The Morgan fingerprint density at radius 1 is 0.294 bits per heavy atom. The van der Waals surface area contributed by atoms with E-state index in [1.54, 1.807) is 5.56 Å². The fourth-order valence-electron chi connectivity index (χ4n) is 9.43. The fourth-order valence-corrected chi connectivity index (χ4v) is 18.7. The molecule has 0 aromatic carbocycles. The van der Waals surface area contributed by atoms with E-state index < -0.39 is 0 Å². The molecule has 8 aromatic rings. The number of thiophene rings is 8. The van der Waals surface area contributed by atoms with Gasteiger partial charge in [-0.05, 0) is 144 Å². The Labute approximate surface area is 442 Å². The van der Waals surface area contributed by atoms with Crippen LogP contribution in [0.1, 0.15) is 178 Å². The quantitative estimate of drug-likeness (QED) is 0.0380. The molecule has 0 aliphatic heterocycles. The van der Waals surface area contributed by atoms with Crippen molar-refractivity contribution < 1.29 is 0 Å². The first-order valence-electron chi connectivity index (χ1n) is 26.4. The second-order valence-electron chi connectivity index (χ2n) is 18.8. The summed E-state index contributed by atoms with van der Waals surface area (Å²) in [6.45, 7) is 9.25. The number of unbranched alkanes of at least 4 members (excludes halogenated alkanes) is 18. The average molecular weight is 1050 g/mol. The summed E-state index contributed by atoms with van der Waals surface area (Å²) in [5.41, 5.74) is 6.01. The lowest BCUT2D eigenvalue weighted by Crippen LogP contribution is -1.86. The summed E-state index contributed by atoms with van der Waals surface area (Å²) >= 11 is 15.7. The van der Waals surface area contributed by atoms with Crippen LogP contribution in [0, 0.1) is 0 Å². The molecule has 0 N–H and O–H groups in total. The van der Waals surface area contributed by atoms with Gasteiger partial charge in [-0.2, -0.15) is 0 Å². The highest BCUT2D eigenvalue weighted by Crippen LogP contribution is 2.50. The van der Waals surface area contributed by atoms with Gasteiger partial charge in [-0.1, -0.05) is 143 Å². The van der Waals surface area contributed by atoms with Gasteiger partial charge in [0.2, 0.25) is 0 Å². The molecule has 8 aromatic heterocycles. The Morgan fingerprint density at radius 3 is 1.22 bits per heavy atom. The molecular formula is C60H74S8. The molecule has 0 aliphatic carbocycles. The summed E-state index contributed by atoms with van der Waals surface area (Å²) in [7, 11) is 0. The van der Waals surface area contributed by atoms with Crippen LogP contribution in [0.2, 0.25) is 0 Å². The van der Waals surface area contributed by atoms with Crippen LogP contribution in [0.5, 0.6) is 0 Å². The maximum Gasteiger partial charge on any atom is 0.0481 e. The van der Waals surface area contributed by atoms with Crippen molar-refractivity contribution in [3.63, 3.8) is 0 Å². The maximum atomic E-state index is 2.50. The molecule has 0 saturated carbocycles. The van der Waals surface area contributed by atoms with Crippen molar-refractivity contribution >= 4 is 90.7 Å². The molecule has 0 nitrogen and oxygen atoms in total. The van der Waals surface area contributed by atoms with Crippen LogP contribution in [0.15, 0.2) is 83.6 Å². The number of hydrogen-bond donors (Lipinski definition) is 0. The van der Waals surface area contributed by atoms with Crippen molar-refractivity contribution in [1.29, 1.82) is 0 Å². The van der Waals surface area contributed by atoms with Crippen molar-refractivity contribution in [3.8, 4) is 68.3 Å². The molecule has 0 saturated heterocycles. The van der Waals surface area contributed by atoms with E-state index in [1.807, 2.05) is 90.7 Å². The van der Waals surface area contributed by atoms with Gasteiger partial charge in [0.15, 0.2) is 0 Å². The van der Waals surface area contributed by atoms with Gasteiger partial charge >= 0.3 is 0 Å². The predicted octanol–water partition coefficient (Wildman–Crippen LogP) is 23.9. The van der Waals surface area contributed by atoms with Crippen molar-refractivity contribution in [2.75, 3.05) is 0 Å². The third-order valence-electron chi connectivity index (χ3n) is 13.5. The number of aryl methyl sites for hydroxylation is 4. The van der Waals surface area contributed by atoms with Gasteiger partial charge < -0.3 is 0 Å². The topological polar surface area (TPSA) is 0 Å². The van der Waals surface area contributed by atoms with E-state index in [-0.39, 0.29) is 0 Å². The summed E-state index contributed by atoms with van der Waals surface area (Å²) in [4.78, 5) is 19.8. The summed E-state index contributed by atoms with van der Waals surface area (Å²) in [5.74, 6) is 0. The van der Waals surface area contributed by atoms with Crippen LogP contribution < -0.4 is 0 Å². The molecule has 362 valence electrons. The van der Waals surface area contributed by atoms with E-state index in [9.17, 15) is 0 Å². The third-order valence-corrected chi connectivity index (χ3v) is 23.4. The Balaban J connectivity index is 0.860. The molecule has 68 heavy (non-hydrogen) atoms. The minimum atomic E-state index is 1.05. The minimum Gasteiger partial charge on any atom is -0.143 e. The zero-order chi connectivity index (χ0) is 46.9. The second-order valence-corrected chi connectivity index (χ2v) is 27.0. The lowest BCUT2D eigenvalue weighted by atomic mass is 10.0. The molecule has 8 rings (SSSR count). The standard InChI is InChI=1S/C60H74S8/c1-5-9-11-13-15-17-19-21-23-25-27-43-39-55(62-42-43)51-31-29-47(63-51)50-34-36-54(66-50)59-45(8-4)41-57(68-59)60-44(7-3)40-56(67-60)52-32-30-48(64-52)49-33-35-53(65-49)58-46(37-38-61-58)28-26-24-22-20-18-16-14-12-10-6-2/h29-42H,5-28H2,1-4H3. The van der Waals surface area contributed by atoms with Gasteiger partial charge in [-0.15, -0.1) is 90.7 Å². The average Bonchev–Trinajstić information content (AvgIpc) is 4.21. The molecular weight excluding hydrogens is 977 g/mol. The SMILES string of the molecule is CCCCCCCCCCCCc1csc(-c2ccc(-c3ccc(-c4sc(-c5sc(-c6ccc(-c7ccc(-c8sccc8CCCCCCCCCCCC)s7)s6)cc5CC)cc4CC)s3)s2)c1. The fraction of sp³-hybridized carbons (Fsp3) is 0.467. The largest absolute Gasteiger partial charge is 0.143 e. The first-order chi connectivity index (χ1) is 33.5. The second kappa shape index (κ2) is 27.4. The minimum absolute atomic E-state index is 1.05. The van der Waals surface area contributed by atoms with Crippen LogP contribution in [0.4, 0.5) is 0 Å². The zero-order valence-corrected chi connectivity index (χ0v) is 47.9. The van der Waals surface area contributed by atoms with Crippen molar-refractivity contribution in [3.05, 3.63) is 106 Å². The number of rotatable bonds is 31. The van der Waals surface area contributed by atoms with E-state index in [4.69, 9.17) is 0 Å². The van der Waals surface area contributed by atoms with Gasteiger partial charge in [0.25, 0.3) is 0 Å². The highest BCUT2D eigenvalue weighted by molar-refractivity contribution is 7.31. The van der Waals surface area contributed by atoms with E-state index in [2.05, 4.69) is 111 Å². The first kappa shape index (κ1) is 51.9. The number of hydrogen-bond acceptors (Lipinski definition) is 8. The monoisotopic (exact) mass is 1050 g/mol. The van der Waals surface area contributed by atoms with Gasteiger partial charge in [0.05, 0.1) is 0 Å². The van der Waals surface area contributed by atoms with Gasteiger partial charge in [-0.3, -0.25) is 0 Å². The van der Waals surface area contributed by atoms with Crippen LogP contribution >= 0.6 is 90.7 Å². The highest BCUT2D eigenvalue weighted by atomic mass is 32.1. The summed E-state index contributed by atoms with van der Waals surface area (Å²) < 4.78 is 0. The Hall–Kier alpha value is -2.40. The normalized spacial score (nSPS) is 11.8. The first-order valence-corrected chi connectivity index (χ1v) is 33.0. The molecule has 0 fully saturated rings. The maximum absolute atomic E-state index is 2.50. The molecule has 8 heteroatoms. The molecule has 0 unspecified atom stereocenters. The molecule has 0 radical (unpaired) electrons. The van der Waals surface area contributed by atoms with E-state index in [0.717, 1.165) is 12.8 Å². The smallest absolute Gasteiger partial charge is 0.0481 e. The molecule has 0 bridgehead atoms. The molecule has 0 aliphatic rings. The van der Waals surface area contributed by atoms with Crippen LogP contribution in [-0.2, 0) is 25.7 Å². The lowest BCUT2D eigenvalue weighted by molar-refractivity contribution is 0.556. The van der Waals surface area contributed by atoms with Gasteiger partial charge in [0, 0.05) is 68.3 Å². The van der Waals surface area contributed by atoms with E-state index >= 15 is 0 Å². The van der Waals surface area contributed by atoms with E-state index in [0.29, 0.717) is 0 Å². The van der Waals surface area contributed by atoms with Crippen molar-refractivity contribution in [1.82, 2.24) is 0 Å². The molecule has 0 spiro atoms. The van der Waals surface area contributed by atoms with E-state index in [1.165, 1.54) is 226 Å². The molecule has 8 heterocycles. The molecule has 0 amide bonds. The van der Waals surface area contributed by atoms with Crippen molar-refractivity contribution in [2.24, 2.45) is 0 Å². The summed E-state index contributed by atoms with van der Waals surface area (Å²) in [6, 6.07) is 28.8. The van der Waals surface area contributed by atoms with Crippen LogP contribution in [0.3, 0.4) is 0 Å². The highest BCUT2D eigenvalue weighted by Gasteiger charge is 2.20. The predicted molar refractivity (Wildman–Crippen MR) is 317 cm³/mol. The molecule has 0 atom stereocenters. The lowest BCUT2D eigenvalue weighted by Gasteiger charge is -2.04. The third kappa shape index (κ3) is 14.2. The van der Waals surface area contributed by atoms with Crippen LogP contribution in [-0.4, -0.2) is 0 Å².